The second-order valence-electron chi connectivity index (χ2n) is 10.0. The fraction of sp³-hybridized carbons (Fsp3) is 0.577. The number of benzene rings is 1. The SMILES string of the molecule is O=C(c1cnc2ccc(F)cc2c1N1CCC2(CC1)OCCO2)N1CCCN(C(=O)C2CC2)CC1. The number of aromatic nitrogens is 1. The molecule has 4 heterocycles. The Hall–Kier alpha value is -2.78. The number of carbonyl (C=O) groups is 2. The lowest BCUT2D eigenvalue weighted by Gasteiger charge is -2.39. The summed E-state index contributed by atoms with van der Waals surface area (Å²) in [5, 5.41) is 0.639. The highest BCUT2D eigenvalue weighted by molar-refractivity contribution is 6.07. The second kappa shape index (κ2) is 9.02. The van der Waals surface area contributed by atoms with Crippen LogP contribution in [0.5, 0.6) is 0 Å². The molecule has 1 aromatic heterocycles. The molecule has 6 rings (SSSR count). The van der Waals surface area contributed by atoms with Crippen LogP contribution in [0.2, 0.25) is 0 Å². The predicted octanol–water partition coefficient (Wildman–Crippen LogP) is 2.80. The van der Waals surface area contributed by atoms with Gasteiger partial charge in [0.05, 0.1) is 30.0 Å². The average Bonchev–Trinajstić information content (AvgIpc) is 3.67. The van der Waals surface area contributed by atoms with Crippen LogP contribution in [0.1, 0.15) is 42.5 Å². The van der Waals surface area contributed by atoms with Crippen LogP contribution in [0.15, 0.2) is 24.4 Å². The van der Waals surface area contributed by atoms with Gasteiger partial charge in [0.15, 0.2) is 5.79 Å². The van der Waals surface area contributed by atoms with Gasteiger partial charge in [-0.3, -0.25) is 14.6 Å². The van der Waals surface area contributed by atoms with Crippen LogP contribution in [0.4, 0.5) is 10.1 Å². The zero-order chi connectivity index (χ0) is 24.0. The molecule has 35 heavy (non-hydrogen) atoms. The van der Waals surface area contributed by atoms with Crippen molar-refractivity contribution in [1.82, 2.24) is 14.8 Å². The van der Waals surface area contributed by atoms with Gasteiger partial charge in [0.25, 0.3) is 5.91 Å². The molecule has 3 saturated heterocycles. The number of piperidine rings is 1. The van der Waals surface area contributed by atoms with Crippen LogP contribution >= 0.6 is 0 Å². The van der Waals surface area contributed by atoms with Crippen LogP contribution in [0.3, 0.4) is 0 Å². The number of amides is 2. The van der Waals surface area contributed by atoms with Gasteiger partial charge in [0.1, 0.15) is 5.82 Å². The summed E-state index contributed by atoms with van der Waals surface area (Å²) in [5.74, 6) is -0.616. The van der Waals surface area contributed by atoms with Gasteiger partial charge in [-0.1, -0.05) is 0 Å². The fourth-order valence-corrected chi connectivity index (χ4v) is 5.60. The predicted molar refractivity (Wildman–Crippen MR) is 128 cm³/mol. The molecule has 0 N–H and O–H groups in total. The molecule has 1 aliphatic carbocycles. The molecule has 9 heteroatoms. The molecule has 1 aromatic carbocycles. The molecule has 8 nitrogen and oxygen atoms in total. The molecule has 4 aliphatic rings. The van der Waals surface area contributed by atoms with Gasteiger partial charge in [-0.25, -0.2) is 4.39 Å². The minimum absolute atomic E-state index is 0.118. The van der Waals surface area contributed by atoms with Crippen molar-refractivity contribution in [3.8, 4) is 0 Å². The van der Waals surface area contributed by atoms with E-state index in [1.807, 2.05) is 9.80 Å². The van der Waals surface area contributed by atoms with E-state index in [1.165, 1.54) is 12.1 Å². The highest BCUT2D eigenvalue weighted by atomic mass is 19.1. The van der Waals surface area contributed by atoms with Crippen LogP contribution in [-0.2, 0) is 14.3 Å². The minimum atomic E-state index is -0.545. The zero-order valence-corrected chi connectivity index (χ0v) is 19.9. The highest BCUT2D eigenvalue weighted by Gasteiger charge is 2.41. The number of ether oxygens (including phenoxy) is 2. The third-order valence-corrected chi connectivity index (χ3v) is 7.71. The maximum atomic E-state index is 14.3. The largest absolute Gasteiger partial charge is 0.370 e. The van der Waals surface area contributed by atoms with Crippen LogP contribution in [0.25, 0.3) is 10.9 Å². The zero-order valence-electron chi connectivity index (χ0n) is 19.9. The van der Waals surface area contributed by atoms with Gasteiger partial charge < -0.3 is 24.2 Å². The third-order valence-electron chi connectivity index (χ3n) is 7.71. The molecule has 186 valence electrons. The summed E-state index contributed by atoms with van der Waals surface area (Å²) in [6.45, 7) is 4.78. The number of pyridine rings is 1. The van der Waals surface area contributed by atoms with Crippen molar-refractivity contribution in [1.29, 1.82) is 0 Å². The number of anilines is 1. The second-order valence-corrected chi connectivity index (χ2v) is 10.0. The molecular weight excluding hydrogens is 451 g/mol. The van der Waals surface area contributed by atoms with Crippen molar-refractivity contribution in [2.24, 2.45) is 5.92 Å². The topological polar surface area (TPSA) is 75.2 Å². The normalized spacial score (nSPS) is 22.6. The first-order chi connectivity index (χ1) is 17.0. The maximum absolute atomic E-state index is 14.3. The molecule has 2 aromatic rings. The lowest BCUT2D eigenvalue weighted by molar-refractivity contribution is -0.169. The minimum Gasteiger partial charge on any atom is -0.370 e. The quantitative estimate of drug-likeness (QED) is 0.670. The number of nitrogens with zero attached hydrogens (tertiary/aromatic N) is 4. The number of carbonyl (C=O) groups excluding carboxylic acids is 2. The summed E-state index contributed by atoms with van der Waals surface area (Å²) in [6, 6.07) is 4.52. The van der Waals surface area contributed by atoms with E-state index >= 15 is 0 Å². The summed E-state index contributed by atoms with van der Waals surface area (Å²) in [7, 11) is 0. The Bertz CT molecular complexity index is 1140. The molecule has 0 bridgehead atoms. The standard InChI is InChI=1S/C26H31FN4O4/c27-19-4-5-22-20(16-19)23(29-10-6-26(7-11-29)34-14-15-35-26)21(17-28-22)25(33)31-9-1-8-30(12-13-31)24(32)18-2-3-18/h4-5,16-18H,1-3,6-15H2. The van der Waals surface area contributed by atoms with Gasteiger partial charge in [-0.05, 0) is 37.5 Å². The molecule has 2 amide bonds. The number of fused-ring (bicyclic) bond motifs is 1. The molecule has 4 fully saturated rings. The van der Waals surface area contributed by atoms with E-state index in [0.29, 0.717) is 81.8 Å². The Morgan fingerprint density at radius 3 is 2.43 bits per heavy atom. The number of hydrogen-bond acceptors (Lipinski definition) is 6. The summed E-state index contributed by atoms with van der Waals surface area (Å²) >= 11 is 0. The van der Waals surface area contributed by atoms with E-state index in [4.69, 9.17) is 9.47 Å². The monoisotopic (exact) mass is 482 g/mol. The van der Waals surface area contributed by atoms with Crippen LogP contribution < -0.4 is 4.90 Å². The van der Waals surface area contributed by atoms with Crippen molar-refractivity contribution >= 4 is 28.4 Å². The summed E-state index contributed by atoms with van der Waals surface area (Å²) in [6.07, 6.45) is 5.70. The fourth-order valence-electron chi connectivity index (χ4n) is 5.60. The lowest BCUT2D eigenvalue weighted by Crippen LogP contribution is -2.46. The van der Waals surface area contributed by atoms with E-state index in [2.05, 4.69) is 9.88 Å². The van der Waals surface area contributed by atoms with Crippen LogP contribution in [0, 0.1) is 11.7 Å². The molecule has 0 radical (unpaired) electrons. The molecular formula is C26H31FN4O4. The van der Waals surface area contributed by atoms with E-state index in [1.54, 1.807) is 12.3 Å². The Kier molecular flexibility index (Phi) is 5.84. The van der Waals surface area contributed by atoms with Crippen molar-refractivity contribution in [3.05, 3.63) is 35.8 Å². The van der Waals surface area contributed by atoms with Crippen molar-refractivity contribution in [2.75, 3.05) is 57.4 Å². The van der Waals surface area contributed by atoms with Crippen LogP contribution in [-0.4, -0.2) is 84.9 Å². The van der Waals surface area contributed by atoms with E-state index < -0.39 is 5.79 Å². The first-order valence-electron chi connectivity index (χ1n) is 12.7. The Labute approximate surface area is 204 Å². The van der Waals surface area contributed by atoms with E-state index in [-0.39, 0.29) is 23.5 Å². The Balaban J connectivity index is 1.29. The van der Waals surface area contributed by atoms with Gasteiger partial charge >= 0.3 is 0 Å². The lowest BCUT2D eigenvalue weighted by atomic mass is 10.00. The Morgan fingerprint density at radius 1 is 0.971 bits per heavy atom. The molecule has 1 spiro atoms. The van der Waals surface area contributed by atoms with Crippen molar-refractivity contribution in [2.45, 2.75) is 37.9 Å². The summed E-state index contributed by atoms with van der Waals surface area (Å²) < 4.78 is 26.1. The highest BCUT2D eigenvalue weighted by Crippen LogP contribution is 2.38. The van der Waals surface area contributed by atoms with Crippen molar-refractivity contribution < 1.29 is 23.5 Å². The van der Waals surface area contributed by atoms with Crippen molar-refractivity contribution in [3.63, 3.8) is 0 Å². The van der Waals surface area contributed by atoms with Gasteiger partial charge in [0, 0.05) is 69.6 Å². The van der Waals surface area contributed by atoms with Gasteiger partial charge in [-0.15, -0.1) is 0 Å². The van der Waals surface area contributed by atoms with E-state index in [0.717, 1.165) is 24.9 Å². The Morgan fingerprint density at radius 2 is 1.69 bits per heavy atom. The molecule has 1 saturated carbocycles. The average molecular weight is 483 g/mol. The molecule has 3 aliphatic heterocycles. The molecule has 0 unspecified atom stereocenters. The van der Waals surface area contributed by atoms with Gasteiger partial charge in [0.2, 0.25) is 5.91 Å². The smallest absolute Gasteiger partial charge is 0.257 e. The number of rotatable bonds is 3. The number of halogens is 1. The first-order valence-corrected chi connectivity index (χ1v) is 12.7. The van der Waals surface area contributed by atoms with Gasteiger partial charge in [-0.2, -0.15) is 0 Å². The summed E-state index contributed by atoms with van der Waals surface area (Å²) in [4.78, 5) is 36.8. The number of hydrogen-bond donors (Lipinski definition) is 0. The maximum Gasteiger partial charge on any atom is 0.257 e. The third kappa shape index (κ3) is 4.36. The van der Waals surface area contributed by atoms with E-state index in [9.17, 15) is 14.0 Å². The first kappa shape index (κ1) is 22.7. The molecule has 0 atom stereocenters. The summed E-state index contributed by atoms with van der Waals surface area (Å²) in [5.41, 5.74) is 1.86.